The van der Waals surface area contributed by atoms with Crippen molar-refractivity contribution in [1.82, 2.24) is 4.57 Å². The van der Waals surface area contributed by atoms with Crippen LogP contribution < -0.4 is 5.56 Å². The third kappa shape index (κ3) is 2.40. The standard InChI is InChI=1S/C9H11ClN2O4/c1-6-5-7(10)8(12(14)15)9(13)11(6)3-4-16-2/h5H,3-4H2,1-2H3. The fraction of sp³-hybridized carbons (Fsp3) is 0.444. The maximum atomic E-state index is 11.7. The summed E-state index contributed by atoms with van der Waals surface area (Å²) >= 11 is 5.65. The van der Waals surface area contributed by atoms with Crippen molar-refractivity contribution in [3.05, 3.63) is 37.3 Å². The molecular weight excluding hydrogens is 236 g/mol. The fourth-order valence-corrected chi connectivity index (χ4v) is 1.65. The van der Waals surface area contributed by atoms with Gasteiger partial charge in [0.05, 0.1) is 11.5 Å². The number of hydrogen-bond acceptors (Lipinski definition) is 4. The van der Waals surface area contributed by atoms with Gasteiger partial charge in [-0.1, -0.05) is 11.6 Å². The number of methoxy groups -OCH3 is 1. The highest BCUT2D eigenvalue weighted by Gasteiger charge is 2.21. The number of halogens is 1. The molecule has 0 radical (unpaired) electrons. The van der Waals surface area contributed by atoms with Gasteiger partial charge >= 0.3 is 11.2 Å². The molecule has 0 spiro atoms. The average molecular weight is 247 g/mol. The zero-order valence-corrected chi connectivity index (χ0v) is 9.65. The third-order valence-corrected chi connectivity index (χ3v) is 2.43. The van der Waals surface area contributed by atoms with Crippen molar-refractivity contribution in [2.75, 3.05) is 13.7 Å². The first-order chi connectivity index (χ1) is 7.49. The minimum Gasteiger partial charge on any atom is -0.383 e. The number of hydrogen-bond donors (Lipinski definition) is 0. The second-order valence-electron chi connectivity index (χ2n) is 3.19. The zero-order chi connectivity index (χ0) is 12.3. The highest BCUT2D eigenvalue weighted by molar-refractivity contribution is 6.32. The van der Waals surface area contributed by atoms with E-state index in [2.05, 4.69) is 0 Å². The van der Waals surface area contributed by atoms with Gasteiger partial charge in [0.2, 0.25) is 0 Å². The predicted molar refractivity (Wildman–Crippen MR) is 59.0 cm³/mol. The summed E-state index contributed by atoms with van der Waals surface area (Å²) in [6.07, 6.45) is 0. The number of rotatable bonds is 4. The van der Waals surface area contributed by atoms with Crippen molar-refractivity contribution < 1.29 is 9.66 Å². The minimum absolute atomic E-state index is 0.138. The second kappa shape index (κ2) is 5.09. The Morgan fingerprint density at radius 2 is 2.25 bits per heavy atom. The Kier molecular flexibility index (Phi) is 4.03. The first kappa shape index (κ1) is 12.7. The average Bonchev–Trinajstić information content (AvgIpc) is 2.16. The van der Waals surface area contributed by atoms with Gasteiger partial charge in [-0.25, -0.2) is 0 Å². The van der Waals surface area contributed by atoms with Crippen molar-refractivity contribution in [2.45, 2.75) is 13.5 Å². The number of aromatic nitrogens is 1. The van der Waals surface area contributed by atoms with Crippen LogP contribution in [0.4, 0.5) is 5.69 Å². The molecule has 0 atom stereocenters. The van der Waals surface area contributed by atoms with E-state index in [9.17, 15) is 14.9 Å². The van der Waals surface area contributed by atoms with Gasteiger partial charge in [-0.15, -0.1) is 0 Å². The molecule has 0 N–H and O–H groups in total. The van der Waals surface area contributed by atoms with E-state index in [1.54, 1.807) is 6.92 Å². The van der Waals surface area contributed by atoms with Gasteiger partial charge in [-0.3, -0.25) is 14.9 Å². The molecule has 88 valence electrons. The van der Waals surface area contributed by atoms with Gasteiger partial charge in [-0.2, -0.15) is 0 Å². The maximum absolute atomic E-state index is 11.7. The molecule has 6 nitrogen and oxygen atoms in total. The summed E-state index contributed by atoms with van der Waals surface area (Å²) in [5.41, 5.74) is -0.729. The van der Waals surface area contributed by atoms with Crippen LogP contribution in [0.15, 0.2) is 10.9 Å². The number of nitro groups is 1. The van der Waals surface area contributed by atoms with Crippen LogP contribution in [0.5, 0.6) is 0 Å². The molecule has 0 amide bonds. The SMILES string of the molecule is COCCn1c(C)cc(Cl)c([N+](=O)[O-])c1=O. The predicted octanol–water partition coefficient (Wildman–Crippen LogP) is 1.36. The van der Waals surface area contributed by atoms with Crippen molar-refractivity contribution in [2.24, 2.45) is 0 Å². The van der Waals surface area contributed by atoms with Crippen LogP contribution in [0.25, 0.3) is 0 Å². The zero-order valence-electron chi connectivity index (χ0n) is 8.90. The Bertz CT molecular complexity index is 469. The third-order valence-electron chi connectivity index (χ3n) is 2.14. The molecule has 1 heterocycles. The normalized spacial score (nSPS) is 10.4. The van der Waals surface area contributed by atoms with Crippen LogP contribution in [-0.2, 0) is 11.3 Å². The molecule has 0 aliphatic rings. The summed E-state index contributed by atoms with van der Waals surface area (Å²) in [5.74, 6) is 0. The Labute approximate surface area is 96.6 Å². The molecule has 1 rings (SSSR count). The van der Waals surface area contributed by atoms with Crippen LogP contribution in [0, 0.1) is 17.0 Å². The Balaban J connectivity index is 3.34. The topological polar surface area (TPSA) is 74.4 Å². The second-order valence-corrected chi connectivity index (χ2v) is 3.60. The summed E-state index contributed by atoms with van der Waals surface area (Å²) in [6, 6.07) is 1.40. The van der Waals surface area contributed by atoms with Gasteiger partial charge in [0.1, 0.15) is 5.02 Å². The number of ether oxygens (including phenoxy) is 1. The smallest absolute Gasteiger partial charge is 0.352 e. The van der Waals surface area contributed by atoms with E-state index in [1.165, 1.54) is 17.7 Å². The molecule has 1 aromatic rings. The number of nitrogens with zero attached hydrogens (tertiary/aromatic N) is 2. The van der Waals surface area contributed by atoms with E-state index in [1.807, 2.05) is 0 Å². The quantitative estimate of drug-likeness (QED) is 0.594. The van der Waals surface area contributed by atoms with Crippen LogP contribution in [0.2, 0.25) is 5.02 Å². The summed E-state index contributed by atoms with van der Waals surface area (Å²) in [4.78, 5) is 21.6. The molecule has 0 aliphatic heterocycles. The monoisotopic (exact) mass is 246 g/mol. The summed E-state index contributed by atoms with van der Waals surface area (Å²) in [6.45, 7) is 2.23. The van der Waals surface area contributed by atoms with Gasteiger partial charge in [0.15, 0.2) is 0 Å². The first-order valence-corrected chi connectivity index (χ1v) is 4.90. The number of pyridine rings is 1. The van der Waals surface area contributed by atoms with Crippen LogP contribution in [0.3, 0.4) is 0 Å². The Hall–Kier alpha value is -1.40. The summed E-state index contributed by atoms with van der Waals surface area (Å²) < 4.78 is 6.10. The molecule has 0 bridgehead atoms. The van der Waals surface area contributed by atoms with Gasteiger partial charge < -0.3 is 9.30 Å². The molecule has 0 aliphatic carbocycles. The van der Waals surface area contributed by atoms with E-state index in [0.29, 0.717) is 12.3 Å². The first-order valence-electron chi connectivity index (χ1n) is 4.52. The summed E-state index contributed by atoms with van der Waals surface area (Å²) in [7, 11) is 1.49. The molecule has 16 heavy (non-hydrogen) atoms. The molecule has 0 unspecified atom stereocenters. The molecule has 0 aromatic carbocycles. The molecule has 0 saturated heterocycles. The van der Waals surface area contributed by atoms with Crippen molar-refractivity contribution in [3.63, 3.8) is 0 Å². The molecule has 7 heteroatoms. The van der Waals surface area contributed by atoms with E-state index in [4.69, 9.17) is 16.3 Å². The maximum Gasteiger partial charge on any atom is 0.352 e. The lowest BCUT2D eigenvalue weighted by Crippen LogP contribution is -2.26. The van der Waals surface area contributed by atoms with Crippen molar-refractivity contribution in [3.8, 4) is 0 Å². The lowest BCUT2D eigenvalue weighted by molar-refractivity contribution is -0.386. The van der Waals surface area contributed by atoms with E-state index < -0.39 is 16.2 Å². The van der Waals surface area contributed by atoms with Crippen molar-refractivity contribution in [1.29, 1.82) is 0 Å². The van der Waals surface area contributed by atoms with Crippen LogP contribution >= 0.6 is 11.6 Å². The Morgan fingerprint density at radius 1 is 1.62 bits per heavy atom. The minimum atomic E-state index is -0.770. The highest BCUT2D eigenvalue weighted by atomic mass is 35.5. The van der Waals surface area contributed by atoms with E-state index >= 15 is 0 Å². The van der Waals surface area contributed by atoms with Crippen molar-refractivity contribution >= 4 is 17.3 Å². The van der Waals surface area contributed by atoms with E-state index in [0.717, 1.165) is 0 Å². The van der Waals surface area contributed by atoms with Gasteiger partial charge in [0.25, 0.3) is 0 Å². The summed E-state index contributed by atoms with van der Waals surface area (Å²) in [5, 5.41) is 10.5. The highest BCUT2D eigenvalue weighted by Crippen LogP contribution is 2.20. The lowest BCUT2D eigenvalue weighted by atomic mass is 10.3. The van der Waals surface area contributed by atoms with Gasteiger partial charge in [0, 0.05) is 19.3 Å². The lowest BCUT2D eigenvalue weighted by Gasteiger charge is -2.09. The van der Waals surface area contributed by atoms with Crippen LogP contribution in [0.1, 0.15) is 5.69 Å². The van der Waals surface area contributed by atoms with Gasteiger partial charge in [-0.05, 0) is 13.0 Å². The molecule has 0 fully saturated rings. The molecule has 1 aromatic heterocycles. The van der Waals surface area contributed by atoms with E-state index in [-0.39, 0.29) is 11.6 Å². The molecule has 0 saturated carbocycles. The van der Waals surface area contributed by atoms with Crippen LogP contribution in [-0.4, -0.2) is 23.2 Å². The number of aryl methyl sites for hydroxylation is 1. The fourth-order valence-electron chi connectivity index (χ4n) is 1.35. The Morgan fingerprint density at radius 3 is 2.75 bits per heavy atom. The largest absolute Gasteiger partial charge is 0.383 e. The molecular formula is C9H11ClN2O4.